The second-order valence-electron chi connectivity index (χ2n) is 10.5. The number of hydrogen-bond acceptors (Lipinski definition) is 6. The number of aryl methyl sites for hydroxylation is 1. The minimum Gasteiger partial charge on any atom is -0.465 e. The van der Waals surface area contributed by atoms with Crippen LogP contribution < -0.4 is 11.1 Å². The molecular formula is C25H35N3O7. The smallest absolute Gasteiger partial charge is 0.420 e. The quantitative estimate of drug-likeness (QED) is 0.407. The molecule has 1 unspecified atom stereocenters. The Balaban J connectivity index is 1.59. The first-order chi connectivity index (χ1) is 16.3. The van der Waals surface area contributed by atoms with Crippen LogP contribution in [0.3, 0.4) is 0 Å². The number of para-hydroxylation sites is 1. The normalized spacial score (nSPS) is 17.0. The van der Waals surface area contributed by atoms with Crippen molar-refractivity contribution in [1.29, 1.82) is 0 Å². The molecular weight excluding hydrogens is 454 g/mol. The number of imide groups is 1. The maximum atomic E-state index is 12.6. The Bertz CT molecular complexity index is 1160. The SMILES string of the molecule is CC(C)(C)N(C(=O)O)C(C)(C)CCOCCCc1cccc2c1oc(=O)n2C1CCC(=O)NC1=O. The van der Waals surface area contributed by atoms with Crippen LogP contribution in [0.2, 0.25) is 0 Å². The lowest BCUT2D eigenvalue weighted by Crippen LogP contribution is -2.57. The predicted octanol–water partition coefficient (Wildman–Crippen LogP) is 3.47. The molecule has 1 saturated heterocycles. The van der Waals surface area contributed by atoms with Crippen LogP contribution in [0, 0.1) is 0 Å². The number of carbonyl (C=O) groups is 3. The number of fused-ring (bicyclic) bond motifs is 1. The highest BCUT2D eigenvalue weighted by Crippen LogP contribution is 2.28. The number of nitrogens with one attached hydrogen (secondary N) is 1. The van der Waals surface area contributed by atoms with Gasteiger partial charge in [-0.3, -0.25) is 24.4 Å². The van der Waals surface area contributed by atoms with Crippen molar-refractivity contribution in [2.75, 3.05) is 13.2 Å². The summed E-state index contributed by atoms with van der Waals surface area (Å²) in [4.78, 5) is 49.5. The van der Waals surface area contributed by atoms with Gasteiger partial charge in [0, 0.05) is 30.7 Å². The van der Waals surface area contributed by atoms with Gasteiger partial charge in [-0.15, -0.1) is 0 Å². The number of carboxylic acid groups (broad SMARTS) is 1. The zero-order valence-electron chi connectivity index (χ0n) is 21.1. The zero-order chi connectivity index (χ0) is 26.0. The van der Waals surface area contributed by atoms with Crippen LogP contribution in [0.5, 0.6) is 0 Å². The molecule has 35 heavy (non-hydrogen) atoms. The molecule has 0 radical (unpaired) electrons. The molecule has 10 nitrogen and oxygen atoms in total. The minimum atomic E-state index is -0.957. The van der Waals surface area contributed by atoms with E-state index < -0.39 is 34.9 Å². The van der Waals surface area contributed by atoms with Gasteiger partial charge in [0.15, 0.2) is 5.58 Å². The van der Waals surface area contributed by atoms with E-state index in [9.17, 15) is 24.3 Å². The standard InChI is InChI=1S/C25H35N3O7/c1-24(2,3)28(22(31)32)25(4,5)13-15-34-14-7-9-16-8-6-10-17-20(16)35-23(33)27(17)18-11-12-19(29)26-21(18)30/h6,8,10,18H,7,9,11-15H2,1-5H3,(H,31,32)(H,26,29,30). The fourth-order valence-corrected chi connectivity index (χ4v) is 4.89. The molecule has 1 fully saturated rings. The zero-order valence-corrected chi connectivity index (χ0v) is 21.1. The predicted molar refractivity (Wildman–Crippen MR) is 129 cm³/mol. The molecule has 0 aliphatic carbocycles. The molecule has 1 atom stereocenters. The summed E-state index contributed by atoms with van der Waals surface area (Å²) < 4.78 is 12.6. The average Bonchev–Trinajstić information content (AvgIpc) is 3.05. The van der Waals surface area contributed by atoms with Gasteiger partial charge in [-0.1, -0.05) is 12.1 Å². The highest BCUT2D eigenvalue weighted by Gasteiger charge is 2.38. The van der Waals surface area contributed by atoms with Gasteiger partial charge in [0.1, 0.15) is 6.04 Å². The topological polar surface area (TPSA) is 131 Å². The van der Waals surface area contributed by atoms with E-state index in [0.29, 0.717) is 43.6 Å². The third-order valence-electron chi connectivity index (χ3n) is 6.30. The van der Waals surface area contributed by atoms with Gasteiger partial charge in [-0.05, 0) is 71.9 Å². The number of carbonyl (C=O) groups excluding carboxylic acids is 2. The number of piperidine rings is 1. The molecule has 10 heteroatoms. The largest absolute Gasteiger partial charge is 0.465 e. The van der Waals surface area contributed by atoms with Crippen LogP contribution in [0.25, 0.3) is 11.1 Å². The molecule has 2 N–H and O–H groups in total. The van der Waals surface area contributed by atoms with Crippen LogP contribution in [0.15, 0.2) is 27.4 Å². The summed E-state index contributed by atoms with van der Waals surface area (Å²) in [6, 6.07) is 4.64. The van der Waals surface area contributed by atoms with Crippen LogP contribution in [-0.4, -0.2) is 56.8 Å². The summed E-state index contributed by atoms with van der Waals surface area (Å²) in [6.45, 7) is 10.3. The van der Waals surface area contributed by atoms with Crippen molar-refractivity contribution in [3.05, 3.63) is 34.3 Å². The summed E-state index contributed by atoms with van der Waals surface area (Å²) in [7, 11) is 0. The Hall–Kier alpha value is -3.14. The number of aromatic nitrogens is 1. The van der Waals surface area contributed by atoms with E-state index in [1.54, 1.807) is 6.07 Å². The van der Waals surface area contributed by atoms with E-state index >= 15 is 0 Å². The first kappa shape index (κ1) is 26.5. The van der Waals surface area contributed by atoms with Gasteiger partial charge < -0.3 is 14.3 Å². The van der Waals surface area contributed by atoms with Crippen LogP contribution >= 0.6 is 0 Å². The molecule has 0 saturated carbocycles. The van der Waals surface area contributed by atoms with Gasteiger partial charge in [0.2, 0.25) is 11.8 Å². The number of hydrogen-bond donors (Lipinski definition) is 2. The van der Waals surface area contributed by atoms with Crippen LogP contribution in [0.1, 0.15) is 71.9 Å². The number of ether oxygens (including phenoxy) is 1. The molecule has 3 rings (SSSR count). The van der Waals surface area contributed by atoms with E-state index in [1.807, 2.05) is 46.8 Å². The van der Waals surface area contributed by atoms with Gasteiger partial charge in [0.25, 0.3) is 0 Å². The molecule has 2 heterocycles. The monoisotopic (exact) mass is 489 g/mol. The van der Waals surface area contributed by atoms with Crippen molar-refractivity contribution >= 4 is 29.0 Å². The number of nitrogens with zero attached hydrogens (tertiary/aromatic N) is 2. The fourth-order valence-electron chi connectivity index (χ4n) is 4.89. The van der Waals surface area contributed by atoms with Gasteiger partial charge >= 0.3 is 11.8 Å². The molecule has 0 bridgehead atoms. The van der Waals surface area contributed by atoms with E-state index in [1.165, 1.54) is 9.47 Å². The van der Waals surface area contributed by atoms with Gasteiger partial charge in [0.05, 0.1) is 5.52 Å². The molecule has 1 aromatic heterocycles. The number of oxazole rings is 1. The summed E-state index contributed by atoms with van der Waals surface area (Å²) in [5, 5.41) is 11.9. The molecule has 1 aromatic carbocycles. The maximum absolute atomic E-state index is 12.6. The third-order valence-corrected chi connectivity index (χ3v) is 6.30. The molecule has 0 spiro atoms. The number of amides is 3. The van der Waals surface area contributed by atoms with Crippen molar-refractivity contribution in [3.63, 3.8) is 0 Å². The summed E-state index contributed by atoms with van der Waals surface area (Å²) >= 11 is 0. The second kappa shape index (κ2) is 10.2. The van der Waals surface area contributed by atoms with Crippen molar-refractivity contribution in [2.24, 2.45) is 0 Å². The van der Waals surface area contributed by atoms with E-state index in [-0.39, 0.29) is 18.7 Å². The third kappa shape index (κ3) is 5.93. The minimum absolute atomic E-state index is 0.170. The summed E-state index contributed by atoms with van der Waals surface area (Å²) in [5.41, 5.74) is 0.686. The summed E-state index contributed by atoms with van der Waals surface area (Å²) in [5.74, 6) is -1.46. The van der Waals surface area contributed by atoms with E-state index in [0.717, 1.165) is 5.56 Å². The lowest BCUT2D eigenvalue weighted by molar-refractivity contribution is -0.135. The highest BCUT2D eigenvalue weighted by atomic mass is 16.5. The fraction of sp³-hybridized carbons (Fsp3) is 0.600. The van der Waals surface area contributed by atoms with Crippen molar-refractivity contribution in [2.45, 2.75) is 83.8 Å². The lowest BCUT2D eigenvalue weighted by Gasteiger charge is -2.45. The lowest BCUT2D eigenvalue weighted by atomic mass is 9.92. The van der Waals surface area contributed by atoms with Crippen molar-refractivity contribution < 1.29 is 28.6 Å². The molecule has 1 aliphatic rings. The van der Waals surface area contributed by atoms with E-state index in [2.05, 4.69) is 5.32 Å². The van der Waals surface area contributed by atoms with Crippen LogP contribution in [0.4, 0.5) is 4.79 Å². The van der Waals surface area contributed by atoms with Gasteiger partial charge in [-0.25, -0.2) is 9.59 Å². The number of benzene rings is 1. The van der Waals surface area contributed by atoms with Crippen LogP contribution in [-0.2, 0) is 20.7 Å². The Labute approximate surface area is 204 Å². The first-order valence-electron chi connectivity index (χ1n) is 11.9. The van der Waals surface area contributed by atoms with Gasteiger partial charge in [-0.2, -0.15) is 0 Å². The molecule has 1 aliphatic heterocycles. The van der Waals surface area contributed by atoms with Crippen molar-refractivity contribution in [1.82, 2.24) is 14.8 Å². The first-order valence-corrected chi connectivity index (χ1v) is 11.9. The Morgan fingerprint density at radius 1 is 1.20 bits per heavy atom. The molecule has 2 aromatic rings. The van der Waals surface area contributed by atoms with E-state index in [4.69, 9.17) is 9.15 Å². The Morgan fingerprint density at radius 2 is 1.91 bits per heavy atom. The average molecular weight is 490 g/mol. The Morgan fingerprint density at radius 3 is 2.54 bits per heavy atom. The highest BCUT2D eigenvalue weighted by molar-refractivity contribution is 6.00. The maximum Gasteiger partial charge on any atom is 0.420 e. The molecule has 192 valence electrons. The number of rotatable bonds is 9. The summed E-state index contributed by atoms with van der Waals surface area (Å²) in [6.07, 6.45) is 1.30. The Kier molecular flexibility index (Phi) is 7.74. The molecule has 3 amide bonds. The second-order valence-corrected chi connectivity index (χ2v) is 10.5. The van der Waals surface area contributed by atoms with Crippen molar-refractivity contribution in [3.8, 4) is 0 Å².